The lowest BCUT2D eigenvalue weighted by atomic mass is 10.1. The molecule has 1 saturated heterocycles. The van der Waals surface area contributed by atoms with E-state index in [0.717, 1.165) is 44.0 Å². The zero-order valence-electron chi connectivity index (χ0n) is 16.6. The van der Waals surface area contributed by atoms with Crippen molar-refractivity contribution in [2.75, 3.05) is 37.6 Å². The molecule has 28 heavy (non-hydrogen) atoms. The Morgan fingerprint density at radius 2 is 1.93 bits per heavy atom. The molecule has 1 fully saturated rings. The molecule has 146 valence electrons. The van der Waals surface area contributed by atoms with Crippen molar-refractivity contribution < 1.29 is 4.79 Å². The number of nitrogens with one attached hydrogen (secondary N) is 1. The highest BCUT2D eigenvalue weighted by Crippen LogP contribution is 2.16. The van der Waals surface area contributed by atoms with Gasteiger partial charge >= 0.3 is 0 Å². The molecule has 1 atom stereocenters. The van der Waals surface area contributed by atoms with E-state index in [1.54, 1.807) is 12.3 Å². The number of aryl methyl sites for hydroxylation is 1. The number of piperazine rings is 1. The van der Waals surface area contributed by atoms with E-state index >= 15 is 0 Å². The van der Waals surface area contributed by atoms with Gasteiger partial charge in [-0.05, 0) is 36.6 Å². The molecule has 0 saturated carbocycles. The number of aromatic nitrogens is 1. The van der Waals surface area contributed by atoms with E-state index < -0.39 is 0 Å². The van der Waals surface area contributed by atoms with Gasteiger partial charge in [0.15, 0.2) is 0 Å². The van der Waals surface area contributed by atoms with Gasteiger partial charge in [-0.2, -0.15) is 5.26 Å². The summed E-state index contributed by atoms with van der Waals surface area (Å²) in [5.74, 6) is 0.873. The number of rotatable bonds is 6. The number of hydrogen-bond acceptors (Lipinski definition) is 5. The molecular formula is C22H27N5O. The first kappa shape index (κ1) is 19.8. The SMILES string of the molecule is CCc1ccc(C(C)NC(=O)CN2CCN(c3cc(C#N)ccn3)CC2)cc1. The van der Waals surface area contributed by atoms with Crippen LogP contribution in [0, 0.1) is 11.3 Å². The van der Waals surface area contributed by atoms with Crippen LogP contribution >= 0.6 is 0 Å². The van der Waals surface area contributed by atoms with Gasteiger partial charge in [0.25, 0.3) is 0 Å². The van der Waals surface area contributed by atoms with E-state index in [-0.39, 0.29) is 11.9 Å². The number of nitrogens with zero attached hydrogens (tertiary/aromatic N) is 4. The lowest BCUT2D eigenvalue weighted by Crippen LogP contribution is -2.49. The number of hydrogen-bond donors (Lipinski definition) is 1. The first-order chi connectivity index (χ1) is 13.6. The van der Waals surface area contributed by atoms with Gasteiger partial charge in [0, 0.05) is 32.4 Å². The van der Waals surface area contributed by atoms with Crippen molar-refractivity contribution in [3.8, 4) is 6.07 Å². The molecule has 6 heteroatoms. The standard InChI is InChI=1S/C22H27N5O/c1-3-18-4-6-20(7-5-18)17(2)25-22(28)16-26-10-12-27(13-11-26)21-14-19(15-23)8-9-24-21/h4-9,14,17H,3,10-13,16H2,1-2H3,(H,25,28). The second-order valence-electron chi connectivity index (χ2n) is 7.16. The molecule has 0 aliphatic carbocycles. The van der Waals surface area contributed by atoms with Gasteiger partial charge in [0.05, 0.1) is 24.2 Å². The van der Waals surface area contributed by atoms with Crippen LogP contribution in [0.4, 0.5) is 5.82 Å². The molecule has 1 N–H and O–H groups in total. The van der Waals surface area contributed by atoms with Crippen molar-refractivity contribution in [2.45, 2.75) is 26.3 Å². The van der Waals surface area contributed by atoms with Crippen LogP contribution in [0.15, 0.2) is 42.6 Å². The molecule has 0 bridgehead atoms. The van der Waals surface area contributed by atoms with Crippen LogP contribution in [0.1, 0.15) is 36.6 Å². The van der Waals surface area contributed by atoms with Gasteiger partial charge in [0.1, 0.15) is 5.82 Å². The van der Waals surface area contributed by atoms with E-state index in [2.05, 4.69) is 57.4 Å². The van der Waals surface area contributed by atoms with Gasteiger partial charge in [0.2, 0.25) is 5.91 Å². The number of pyridine rings is 1. The smallest absolute Gasteiger partial charge is 0.234 e. The summed E-state index contributed by atoms with van der Waals surface area (Å²) in [6.45, 7) is 7.74. The molecule has 1 amide bonds. The van der Waals surface area contributed by atoms with Gasteiger partial charge in [-0.15, -0.1) is 0 Å². The van der Waals surface area contributed by atoms with E-state index in [1.807, 2.05) is 13.0 Å². The third kappa shape index (κ3) is 5.08. The fourth-order valence-electron chi connectivity index (χ4n) is 3.41. The van der Waals surface area contributed by atoms with Crippen LogP contribution in [0.25, 0.3) is 0 Å². The largest absolute Gasteiger partial charge is 0.354 e. The maximum absolute atomic E-state index is 12.4. The number of carbonyl (C=O) groups excluding carboxylic acids is 1. The third-order valence-corrected chi connectivity index (χ3v) is 5.20. The number of carbonyl (C=O) groups is 1. The molecule has 2 heterocycles. The van der Waals surface area contributed by atoms with Crippen LogP contribution in [0.5, 0.6) is 0 Å². The van der Waals surface area contributed by atoms with Crippen molar-refractivity contribution in [3.63, 3.8) is 0 Å². The predicted molar refractivity (Wildman–Crippen MR) is 110 cm³/mol. The average Bonchev–Trinajstić information content (AvgIpc) is 2.74. The van der Waals surface area contributed by atoms with Crippen molar-refractivity contribution in [2.24, 2.45) is 0 Å². The first-order valence-corrected chi connectivity index (χ1v) is 9.80. The summed E-state index contributed by atoms with van der Waals surface area (Å²) in [4.78, 5) is 21.1. The highest BCUT2D eigenvalue weighted by Gasteiger charge is 2.21. The van der Waals surface area contributed by atoms with Crippen LogP contribution in [0.3, 0.4) is 0 Å². The van der Waals surface area contributed by atoms with Gasteiger partial charge < -0.3 is 10.2 Å². The lowest BCUT2D eigenvalue weighted by Gasteiger charge is -2.35. The van der Waals surface area contributed by atoms with Gasteiger partial charge in [-0.1, -0.05) is 31.2 Å². The minimum Gasteiger partial charge on any atom is -0.354 e. The van der Waals surface area contributed by atoms with Gasteiger partial charge in [-0.25, -0.2) is 4.98 Å². The van der Waals surface area contributed by atoms with Crippen molar-refractivity contribution in [1.29, 1.82) is 5.26 Å². The Morgan fingerprint density at radius 3 is 2.57 bits per heavy atom. The van der Waals surface area contributed by atoms with E-state index in [4.69, 9.17) is 5.26 Å². The monoisotopic (exact) mass is 377 g/mol. The Hall–Kier alpha value is -2.91. The molecule has 1 aromatic carbocycles. The summed E-state index contributed by atoms with van der Waals surface area (Å²) < 4.78 is 0. The fourth-order valence-corrected chi connectivity index (χ4v) is 3.41. The maximum Gasteiger partial charge on any atom is 0.234 e. The summed E-state index contributed by atoms with van der Waals surface area (Å²) in [5.41, 5.74) is 3.04. The van der Waals surface area contributed by atoms with Crippen LogP contribution < -0.4 is 10.2 Å². The number of amides is 1. The highest BCUT2D eigenvalue weighted by molar-refractivity contribution is 5.78. The van der Waals surface area contributed by atoms with Gasteiger partial charge in [-0.3, -0.25) is 9.69 Å². The Bertz CT molecular complexity index is 835. The van der Waals surface area contributed by atoms with Crippen molar-refractivity contribution in [1.82, 2.24) is 15.2 Å². The second-order valence-corrected chi connectivity index (χ2v) is 7.16. The molecular weight excluding hydrogens is 350 g/mol. The molecule has 1 aliphatic heterocycles. The summed E-state index contributed by atoms with van der Waals surface area (Å²) in [5, 5.41) is 12.1. The average molecular weight is 377 g/mol. The van der Waals surface area contributed by atoms with Crippen LogP contribution in [0.2, 0.25) is 0 Å². The Labute approximate surface area is 166 Å². The van der Waals surface area contributed by atoms with E-state index in [1.165, 1.54) is 5.56 Å². The lowest BCUT2D eigenvalue weighted by molar-refractivity contribution is -0.123. The van der Waals surface area contributed by atoms with E-state index in [9.17, 15) is 4.79 Å². The summed E-state index contributed by atoms with van der Waals surface area (Å²) in [6, 6.07) is 14.1. The molecule has 0 radical (unpaired) electrons. The molecule has 2 aromatic rings. The topological polar surface area (TPSA) is 72.3 Å². The number of anilines is 1. The zero-order valence-corrected chi connectivity index (χ0v) is 16.6. The molecule has 1 unspecified atom stereocenters. The van der Waals surface area contributed by atoms with E-state index in [0.29, 0.717) is 12.1 Å². The summed E-state index contributed by atoms with van der Waals surface area (Å²) in [7, 11) is 0. The summed E-state index contributed by atoms with van der Waals surface area (Å²) >= 11 is 0. The Balaban J connectivity index is 1.47. The molecule has 0 spiro atoms. The predicted octanol–water partition coefficient (Wildman–Crippen LogP) is 2.52. The molecule has 3 rings (SSSR count). The fraction of sp³-hybridized carbons (Fsp3) is 0.409. The minimum atomic E-state index is -0.00221. The summed E-state index contributed by atoms with van der Waals surface area (Å²) in [6.07, 6.45) is 2.69. The van der Waals surface area contributed by atoms with Crippen LogP contribution in [-0.2, 0) is 11.2 Å². The maximum atomic E-state index is 12.4. The Morgan fingerprint density at radius 1 is 1.21 bits per heavy atom. The Kier molecular flexibility index (Phi) is 6.62. The molecule has 6 nitrogen and oxygen atoms in total. The highest BCUT2D eigenvalue weighted by atomic mass is 16.2. The number of benzene rings is 1. The normalized spacial score (nSPS) is 15.7. The molecule has 1 aliphatic rings. The third-order valence-electron chi connectivity index (χ3n) is 5.20. The first-order valence-electron chi connectivity index (χ1n) is 9.80. The van der Waals surface area contributed by atoms with Crippen LogP contribution in [-0.4, -0.2) is 48.5 Å². The zero-order chi connectivity index (χ0) is 19.9. The van der Waals surface area contributed by atoms with Crippen molar-refractivity contribution in [3.05, 3.63) is 59.3 Å². The molecule has 1 aromatic heterocycles. The quantitative estimate of drug-likeness (QED) is 0.837. The number of nitriles is 1. The minimum absolute atomic E-state index is 0.00221. The van der Waals surface area contributed by atoms with Crippen molar-refractivity contribution >= 4 is 11.7 Å². The second kappa shape index (κ2) is 9.34.